The molecule has 2 aromatic heterocycles. The minimum Gasteiger partial charge on any atom is -0.496 e. The van der Waals surface area contributed by atoms with Crippen LogP contribution in [0.15, 0.2) is 40.2 Å². The zero-order chi connectivity index (χ0) is 19.4. The SMILES string of the molecule is COc1ccc(Br)cc1CN(C)C(=O)CCn1c(-c2cccs2)n[nH]c1=S. The van der Waals surface area contributed by atoms with Crippen molar-refractivity contribution in [1.82, 2.24) is 19.7 Å². The highest BCUT2D eigenvalue weighted by atomic mass is 79.9. The average molecular weight is 467 g/mol. The van der Waals surface area contributed by atoms with Gasteiger partial charge in [-0.1, -0.05) is 22.0 Å². The van der Waals surface area contributed by atoms with Crippen LogP contribution in [0.1, 0.15) is 12.0 Å². The summed E-state index contributed by atoms with van der Waals surface area (Å²) in [6, 6.07) is 9.71. The third-order valence-corrected chi connectivity index (χ3v) is 5.80. The first-order chi connectivity index (χ1) is 13.0. The van der Waals surface area contributed by atoms with E-state index in [2.05, 4.69) is 26.1 Å². The number of nitrogens with zero attached hydrogens (tertiary/aromatic N) is 3. The van der Waals surface area contributed by atoms with Gasteiger partial charge in [0.1, 0.15) is 5.75 Å². The summed E-state index contributed by atoms with van der Waals surface area (Å²) in [5, 5.41) is 9.09. The van der Waals surface area contributed by atoms with Crippen LogP contribution >= 0.6 is 39.5 Å². The minimum atomic E-state index is 0.0252. The Morgan fingerprint density at radius 3 is 2.96 bits per heavy atom. The van der Waals surface area contributed by atoms with Gasteiger partial charge in [0, 0.05) is 36.6 Å². The van der Waals surface area contributed by atoms with Crippen molar-refractivity contribution in [3.63, 3.8) is 0 Å². The van der Waals surface area contributed by atoms with Gasteiger partial charge in [0.25, 0.3) is 0 Å². The van der Waals surface area contributed by atoms with Crippen LogP contribution in [0, 0.1) is 4.77 Å². The van der Waals surface area contributed by atoms with E-state index in [1.807, 2.05) is 40.3 Å². The molecule has 0 spiro atoms. The van der Waals surface area contributed by atoms with Gasteiger partial charge in [0.05, 0.1) is 12.0 Å². The highest BCUT2D eigenvalue weighted by molar-refractivity contribution is 9.10. The lowest BCUT2D eigenvalue weighted by molar-refractivity contribution is -0.130. The molecule has 0 saturated heterocycles. The monoisotopic (exact) mass is 466 g/mol. The first kappa shape index (κ1) is 19.8. The molecule has 1 amide bonds. The Labute approximate surface area is 174 Å². The average Bonchev–Trinajstić information content (AvgIpc) is 3.29. The Morgan fingerprint density at radius 1 is 1.44 bits per heavy atom. The van der Waals surface area contributed by atoms with Gasteiger partial charge in [-0.3, -0.25) is 14.5 Å². The number of aromatic nitrogens is 3. The number of thiophene rings is 1. The molecule has 9 heteroatoms. The van der Waals surface area contributed by atoms with Gasteiger partial charge in [-0.2, -0.15) is 5.10 Å². The number of aromatic amines is 1. The van der Waals surface area contributed by atoms with E-state index in [9.17, 15) is 4.79 Å². The summed E-state index contributed by atoms with van der Waals surface area (Å²) in [6.07, 6.45) is 0.332. The minimum absolute atomic E-state index is 0.0252. The van der Waals surface area contributed by atoms with E-state index in [0.29, 0.717) is 24.3 Å². The molecule has 6 nitrogen and oxygen atoms in total. The summed E-state index contributed by atoms with van der Waals surface area (Å²) in [4.78, 5) is 15.3. The van der Waals surface area contributed by atoms with Crippen LogP contribution in [0.5, 0.6) is 5.75 Å². The van der Waals surface area contributed by atoms with E-state index < -0.39 is 0 Å². The third-order valence-electron chi connectivity index (χ3n) is 4.12. The molecule has 0 aliphatic carbocycles. The standard InChI is InChI=1S/C18H19BrN4O2S2/c1-22(11-12-10-13(19)5-6-14(12)25-2)16(24)7-8-23-17(20-21-18(23)26)15-4-3-9-27-15/h3-6,9-10H,7-8,11H2,1-2H3,(H,21,26). The normalized spacial score (nSPS) is 10.8. The van der Waals surface area contributed by atoms with Crippen LogP contribution in [0.2, 0.25) is 0 Å². The van der Waals surface area contributed by atoms with E-state index in [4.69, 9.17) is 17.0 Å². The maximum Gasteiger partial charge on any atom is 0.224 e. The Bertz CT molecular complexity index is 982. The zero-order valence-corrected chi connectivity index (χ0v) is 18.2. The molecule has 0 unspecified atom stereocenters. The number of H-pyrrole nitrogens is 1. The molecular formula is C18H19BrN4O2S2. The maximum atomic E-state index is 12.6. The van der Waals surface area contributed by atoms with E-state index in [0.717, 1.165) is 26.5 Å². The van der Waals surface area contributed by atoms with Crippen molar-refractivity contribution in [2.75, 3.05) is 14.2 Å². The predicted octanol–water partition coefficient (Wildman–Crippen LogP) is 4.49. The number of rotatable bonds is 7. The molecule has 2 heterocycles. The molecule has 1 N–H and O–H groups in total. The van der Waals surface area contributed by atoms with Crippen LogP contribution in [-0.4, -0.2) is 39.7 Å². The number of hydrogen-bond acceptors (Lipinski definition) is 5. The summed E-state index contributed by atoms with van der Waals surface area (Å²) >= 11 is 10.4. The number of hydrogen-bond donors (Lipinski definition) is 1. The third kappa shape index (κ3) is 4.66. The molecule has 1 aromatic carbocycles. The fourth-order valence-electron chi connectivity index (χ4n) is 2.73. The highest BCUT2D eigenvalue weighted by Gasteiger charge is 2.15. The highest BCUT2D eigenvalue weighted by Crippen LogP contribution is 2.25. The lowest BCUT2D eigenvalue weighted by atomic mass is 10.2. The smallest absolute Gasteiger partial charge is 0.224 e. The van der Waals surface area contributed by atoms with Gasteiger partial charge < -0.3 is 9.64 Å². The van der Waals surface area contributed by atoms with Gasteiger partial charge >= 0.3 is 0 Å². The van der Waals surface area contributed by atoms with Crippen molar-refractivity contribution in [3.8, 4) is 16.5 Å². The van der Waals surface area contributed by atoms with Crippen molar-refractivity contribution in [3.05, 3.63) is 50.5 Å². The molecule has 0 atom stereocenters. The number of methoxy groups -OCH3 is 1. The Hall–Kier alpha value is -1.97. The number of nitrogens with one attached hydrogen (secondary N) is 1. The first-order valence-corrected chi connectivity index (χ1v) is 10.3. The van der Waals surface area contributed by atoms with Gasteiger partial charge in [0.2, 0.25) is 5.91 Å². The molecule has 0 radical (unpaired) electrons. The number of carbonyl (C=O) groups is 1. The summed E-state index contributed by atoms with van der Waals surface area (Å²) in [5.74, 6) is 1.55. The summed E-state index contributed by atoms with van der Waals surface area (Å²) in [6.45, 7) is 0.942. The van der Waals surface area contributed by atoms with Crippen molar-refractivity contribution in [2.24, 2.45) is 0 Å². The number of amides is 1. The van der Waals surface area contributed by atoms with Crippen LogP contribution in [-0.2, 0) is 17.9 Å². The summed E-state index contributed by atoms with van der Waals surface area (Å²) in [7, 11) is 3.42. The Kier molecular flexibility index (Phi) is 6.46. The van der Waals surface area contributed by atoms with Crippen molar-refractivity contribution < 1.29 is 9.53 Å². The molecule has 0 aliphatic heterocycles. The molecule has 0 aliphatic rings. The second kappa shape index (κ2) is 8.81. The van der Waals surface area contributed by atoms with Crippen LogP contribution < -0.4 is 4.74 Å². The number of ether oxygens (including phenoxy) is 1. The van der Waals surface area contributed by atoms with Crippen LogP contribution in [0.25, 0.3) is 10.7 Å². The lowest BCUT2D eigenvalue weighted by Gasteiger charge is -2.19. The molecule has 0 saturated carbocycles. The maximum absolute atomic E-state index is 12.6. The number of benzene rings is 1. The Balaban J connectivity index is 1.68. The summed E-state index contributed by atoms with van der Waals surface area (Å²) < 4.78 is 8.72. The van der Waals surface area contributed by atoms with E-state index in [1.54, 1.807) is 30.4 Å². The molecule has 142 valence electrons. The number of halogens is 1. The topological polar surface area (TPSA) is 63.1 Å². The second-order valence-electron chi connectivity index (χ2n) is 5.94. The lowest BCUT2D eigenvalue weighted by Crippen LogP contribution is -2.27. The molecule has 27 heavy (non-hydrogen) atoms. The fourth-order valence-corrected chi connectivity index (χ4v) is 4.09. The fraction of sp³-hybridized carbons (Fsp3) is 0.278. The second-order valence-corrected chi connectivity index (χ2v) is 8.19. The van der Waals surface area contributed by atoms with Gasteiger partial charge in [0.15, 0.2) is 10.6 Å². The van der Waals surface area contributed by atoms with Crippen LogP contribution in [0.3, 0.4) is 0 Å². The molecule has 0 fully saturated rings. The Morgan fingerprint density at radius 2 is 2.26 bits per heavy atom. The van der Waals surface area contributed by atoms with Crippen molar-refractivity contribution in [2.45, 2.75) is 19.5 Å². The number of carbonyl (C=O) groups excluding carboxylic acids is 1. The van der Waals surface area contributed by atoms with Crippen molar-refractivity contribution >= 4 is 45.4 Å². The molecule has 3 aromatic rings. The van der Waals surface area contributed by atoms with Gasteiger partial charge in [-0.15, -0.1) is 11.3 Å². The van der Waals surface area contributed by atoms with Gasteiger partial charge in [-0.05, 0) is 41.9 Å². The largest absolute Gasteiger partial charge is 0.496 e. The molecule has 0 bridgehead atoms. The van der Waals surface area contributed by atoms with E-state index in [1.165, 1.54) is 0 Å². The molecular weight excluding hydrogens is 448 g/mol. The first-order valence-electron chi connectivity index (χ1n) is 8.25. The predicted molar refractivity (Wildman–Crippen MR) is 113 cm³/mol. The summed E-state index contributed by atoms with van der Waals surface area (Å²) in [5.41, 5.74) is 0.946. The van der Waals surface area contributed by atoms with E-state index in [-0.39, 0.29) is 5.91 Å². The van der Waals surface area contributed by atoms with E-state index >= 15 is 0 Å². The van der Waals surface area contributed by atoms with Gasteiger partial charge in [-0.25, -0.2) is 0 Å². The zero-order valence-electron chi connectivity index (χ0n) is 14.9. The molecule has 3 rings (SSSR count). The van der Waals surface area contributed by atoms with Crippen molar-refractivity contribution in [1.29, 1.82) is 0 Å². The van der Waals surface area contributed by atoms with Crippen LogP contribution in [0.4, 0.5) is 0 Å². The quantitative estimate of drug-likeness (QED) is 0.521.